The fourth-order valence-electron chi connectivity index (χ4n) is 1.49. The van der Waals surface area contributed by atoms with E-state index < -0.39 is 0 Å². The molecule has 0 radical (unpaired) electrons. The van der Waals surface area contributed by atoms with Crippen LogP contribution in [0.2, 0.25) is 0 Å². The molecule has 0 saturated carbocycles. The van der Waals surface area contributed by atoms with Crippen molar-refractivity contribution in [2.24, 2.45) is 0 Å². The molecule has 0 bridgehead atoms. The van der Waals surface area contributed by atoms with Gasteiger partial charge < -0.3 is 4.74 Å². The van der Waals surface area contributed by atoms with E-state index >= 15 is 0 Å². The van der Waals surface area contributed by atoms with E-state index in [0.717, 1.165) is 10.2 Å². The van der Waals surface area contributed by atoms with Crippen molar-refractivity contribution in [1.29, 1.82) is 0 Å². The summed E-state index contributed by atoms with van der Waals surface area (Å²) in [6, 6.07) is 16.1. The number of aryl methyl sites for hydroxylation is 1. The monoisotopic (exact) mass is 276 g/mol. The van der Waals surface area contributed by atoms with Crippen molar-refractivity contribution in [3.63, 3.8) is 0 Å². The summed E-state index contributed by atoms with van der Waals surface area (Å²) >= 11 is 3.46. The Balaban J connectivity index is 2.09. The molecule has 2 aromatic rings. The fraction of sp³-hybridized carbons (Fsp3) is 0.143. The molecule has 1 nitrogen and oxygen atoms in total. The van der Waals surface area contributed by atoms with Crippen LogP contribution in [0.4, 0.5) is 0 Å². The van der Waals surface area contributed by atoms with Crippen molar-refractivity contribution in [2.45, 2.75) is 13.5 Å². The van der Waals surface area contributed by atoms with Crippen molar-refractivity contribution in [3.05, 3.63) is 64.1 Å². The van der Waals surface area contributed by atoms with Crippen LogP contribution >= 0.6 is 15.9 Å². The van der Waals surface area contributed by atoms with Crippen LogP contribution in [0.15, 0.2) is 53.0 Å². The molecule has 0 amide bonds. The molecule has 0 atom stereocenters. The van der Waals surface area contributed by atoms with E-state index in [1.54, 1.807) is 0 Å². The van der Waals surface area contributed by atoms with Gasteiger partial charge in [0.15, 0.2) is 0 Å². The van der Waals surface area contributed by atoms with E-state index in [1.165, 1.54) is 11.1 Å². The lowest BCUT2D eigenvalue weighted by Gasteiger charge is -2.09. The Morgan fingerprint density at radius 1 is 1.00 bits per heavy atom. The number of benzene rings is 2. The highest BCUT2D eigenvalue weighted by molar-refractivity contribution is 9.10. The van der Waals surface area contributed by atoms with E-state index in [2.05, 4.69) is 35.0 Å². The van der Waals surface area contributed by atoms with Gasteiger partial charge in [0.1, 0.15) is 12.4 Å². The molecule has 0 N–H and O–H groups in total. The number of hydrogen-bond acceptors (Lipinski definition) is 1. The minimum absolute atomic E-state index is 0.606. The lowest BCUT2D eigenvalue weighted by atomic mass is 10.1. The first-order valence-corrected chi connectivity index (χ1v) is 5.98. The zero-order chi connectivity index (χ0) is 11.4. The molecule has 0 aliphatic heterocycles. The van der Waals surface area contributed by atoms with Crippen LogP contribution in [-0.2, 0) is 6.61 Å². The van der Waals surface area contributed by atoms with Crippen LogP contribution in [0.1, 0.15) is 11.1 Å². The van der Waals surface area contributed by atoms with Crippen LogP contribution in [0.25, 0.3) is 0 Å². The van der Waals surface area contributed by atoms with E-state index in [4.69, 9.17) is 4.74 Å². The summed E-state index contributed by atoms with van der Waals surface area (Å²) in [6.07, 6.45) is 0. The molecule has 0 aromatic heterocycles. The minimum Gasteiger partial charge on any atom is -0.488 e. The first kappa shape index (κ1) is 11.2. The maximum absolute atomic E-state index is 5.76. The molecule has 0 heterocycles. The van der Waals surface area contributed by atoms with Gasteiger partial charge in [0.05, 0.1) is 4.47 Å². The van der Waals surface area contributed by atoms with Crippen molar-refractivity contribution in [2.75, 3.05) is 0 Å². The van der Waals surface area contributed by atoms with E-state index in [9.17, 15) is 0 Å². The van der Waals surface area contributed by atoms with E-state index in [-0.39, 0.29) is 0 Å². The van der Waals surface area contributed by atoms with Gasteiger partial charge in [-0.05, 0) is 46.1 Å². The molecule has 2 rings (SSSR count). The Labute approximate surface area is 104 Å². The molecular weight excluding hydrogens is 264 g/mol. The third-order valence-corrected chi connectivity index (χ3v) is 3.14. The summed E-state index contributed by atoms with van der Waals surface area (Å²) in [4.78, 5) is 0. The average molecular weight is 277 g/mol. The Morgan fingerprint density at radius 2 is 1.69 bits per heavy atom. The molecule has 0 unspecified atom stereocenters. The number of para-hydroxylation sites is 1. The molecule has 0 aliphatic carbocycles. The van der Waals surface area contributed by atoms with Gasteiger partial charge in [0, 0.05) is 0 Å². The SMILES string of the molecule is Cc1ccccc1COc1ccccc1Br. The zero-order valence-electron chi connectivity index (χ0n) is 9.11. The van der Waals surface area contributed by atoms with E-state index in [1.807, 2.05) is 36.4 Å². The molecular formula is C14H13BrO. The number of halogens is 1. The second-order valence-corrected chi connectivity index (χ2v) is 4.50. The van der Waals surface area contributed by atoms with Gasteiger partial charge in [0.2, 0.25) is 0 Å². The quantitative estimate of drug-likeness (QED) is 0.811. The Morgan fingerprint density at radius 3 is 2.44 bits per heavy atom. The van der Waals surface area contributed by atoms with Crippen molar-refractivity contribution in [1.82, 2.24) is 0 Å². The highest BCUT2D eigenvalue weighted by Gasteiger charge is 2.01. The van der Waals surface area contributed by atoms with Gasteiger partial charge in [-0.25, -0.2) is 0 Å². The zero-order valence-corrected chi connectivity index (χ0v) is 10.7. The number of ether oxygens (including phenoxy) is 1. The Hall–Kier alpha value is -1.28. The maximum Gasteiger partial charge on any atom is 0.133 e. The normalized spacial score (nSPS) is 10.1. The largest absolute Gasteiger partial charge is 0.488 e. The summed E-state index contributed by atoms with van der Waals surface area (Å²) in [7, 11) is 0. The smallest absolute Gasteiger partial charge is 0.133 e. The Kier molecular flexibility index (Phi) is 3.62. The highest BCUT2D eigenvalue weighted by Crippen LogP contribution is 2.24. The second-order valence-electron chi connectivity index (χ2n) is 3.65. The molecule has 2 heteroatoms. The third kappa shape index (κ3) is 2.64. The van der Waals surface area contributed by atoms with Crippen LogP contribution in [0.5, 0.6) is 5.75 Å². The third-order valence-electron chi connectivity index (χ3n) is 2.48. The molecule has 2 aromatic carbocycles. The van der Waals surface area contributed by atoms with Gasteiger partial charge in [-0.3, -0.25) is 0 Å². The van der Waals surface area contributed by atoms with Crippen LogP contribution in [0.3, 0.4) is 0 Å². The van der Waals surface area contributed by atoms with Crippen LogP contribution < -0.4 is 4.74 Å². The molecule has 0 spiro atoms. The first-order valence-electron chi connectivity index (χ1n) is 5.19. The van der Waals surface area contributed by atoms with Crippen LogP contribution in [-0.4, -0.2) is 0 Å². The predicted molar refractivity (Wildman–Crippen MR) is 69.7 cm³/mol. The molecule has 16 heavy (non-hydrogen) atoms. The lowest BCUT2D eigenvalue weighted by molar-refractivity contribution is 0.303. The molecule has 0 saturated heterocycles. The van der Waals surface area contributed by atoms with Crippen molar-refractivity contribution < 1.29 is 4.74 Å². The second kappa shape index (κ2) is 5.17. The molecule has 0 fully saturated rings. The fourth-order valence-corrected chi connectivity index (χ4v) is 1.89. The minimum atomic E-state index is 0.606. The molecule has 0 aliphatic rings. The Bertz CT molecular complexity index is 434. The van der Waals surface area contributed by atoms with Crippen LogP contribution in [0, 0.1) is 6.92 Å². The van der Waals surface area contributed by atoms with Gasteiger partial charge in [0.25, 0.3) is 0 Å². The summed E-state index contributed by atoms with van der Waals surface area (Å²) in [6.45, 7) is 2.70. The van der Waals surface area contributed by atoms with Gasteiger partial charge >= 0.3 is 0 Å². The maximum atomic E-state index is 5.76. The number of rotatable bonds is 3. The lowest BCUT2D eigenvalue weighted by Crippen LogP contribution is -1.97. The standard InChI is InChI=1S/C14H13BrO/c1-11-6-2-3-7-12(11)10-16-14-9-5-4-8-13(14)15/h2-9H,10H2,1H3. The first-order chi connectivity index (χ1) is 7.77. The predicted octanol–water partition coefficient (Wildman–Crippen LogP) is 4.34. The van der Waals surface area contributed by atoms with Gasteiger partial charge in [-0.2, -0.15) is 0 Å². The summed E-state index contributed by atoms with van der Waals surface area (Å²) < 4.78 is 6.75. The number of hydrogen-bond donors (Lipinski definition) is 0. The summed E-state index contributed by atoms with van der Waals surface area (Å²) in [5.74, 6) is 0.880. The topological polar surface area (TPSA) is 9.23 Å². The van der Waals surface area contributed by atoms with Crippen molar-refractivity contribution in [3.8, 4) is 5.75 Å². The molecule has 82 valence electrons. The highest BCUT2D eigenvalue weighted by atomic mass is 79.9. The summed E-state index contributed by atoms with van der Waals surface area (Å²) in [5, 5.41) is 0. The summed E-state index contributed by atoms with van der Waals surface area (Å²) in [5.41, 5.74) is 2.48. The average Bonchev–Trinajstić information content (AvgIpc) is 2.30. The van der Waals surface area contributed by atoms with Gasteiger partial charge in [-0.1, -0.05) is 36.4 Å². The van der Waals surface area contributed by atoms with Crippen molar-refractivity contribution >= 4 is 15.9 Å². The van der Waals surface area contributed by atoms with E-state index in [0.29, 0.717) is 6.61 Å². The van der Waals surface area contributed by atoms with Gasteiger partial charge in [-0.15, -0.1) is 0 Å².